The fourth-order valence-electron chi connectivity index (χ4n) is 4.48. The average Bonchev–Trinajstić information content (AvgIpc) is 2.97. The van der Waals surface area contributed by atoms with E-state index in [4.69, 9.17) is 9.47 Å². The molecule has 4 heteroatoms. The molecule has 0 aliphatic carbocycles. The van der Waals surface area contributed by atoms with Gasteiger partial charge in [-0.05, 0) is 29.2 Å². The molecule has 0 N–H and O–H groups in total. The predicted molar refractivity (Wildman–Crippen MR) is 152 cm³/mol. The highest BCUT2D eigenvalue weighted by molar-refractivity contribution is 5.82. The SMILES string of the molecule is CCOC(=O)/C=C/C(C(OCc1ccccc1)c1ccccc1)N(Cc1ccccc1)Cc1ccccc1. The minimum atomic E-state index is -0.355. The van der Waals surface area contributed by atoms with Gasteiger partial charge in [-0.2, -0.15) is 0 Å². The lowest BCUT2D eigenvalue weighted by Gasteiger charge is -2.36. The first-order chi connectivity index (χ1) is 18.7. The van der Waals surface area contributed by atoms with Crippen LogP contribution in [0.25, 0.3) is 0 Å². The number of hydrogen-bond acceptors (Lipinski definition) is 4. The fourth-order valence-corrected chi connectivity index (χ4v) is 4.48. The molecule has 4 rings (SSSR count). The normalized spacial score (nSPS) is 12.9. The summed E-state index contributed by atoms with van der Waals surface area (Å²) in [5, 5.41) is 0. The van der Waals surface area contributed by atoms with Crippen LogP contribution in [0.1, 0.15) is 35.3 Å². The van der Waals surface area contributed by atoms with E-state index in [-0.39, 0.29) is 18.1 Å². The van der Waals surface area contributed by atoms with Gasteiger partial charge in [0.15, 0.2) is 0 Å². The summed E-state index contributed by atoms with van der Waals surface area (Å²) < 4.78 is 11.9. The maximum atomic E-state index is 12.5. The number of ether oxygens (including phenoxy) is 2. The second kappa shape index (κ2) is 14.7. The van der Waals surface area contributed by atoms with Crippen molar-refractivity contribution < 1.29 is 14.3 Å². The van der Waals surface area contributed by atoms with Crippen LogP contribution in [0.4, 0.5) is 0 Å². The van der Waals surface area contributed by atoms with Gasteiger partial charge in [-0.15, -0.1) is 0 Å². The highest BCUT2D eigenvalue weighted by atomic mass is 16.5. The number of esters is 1. The summed E-state index contributed by atoms with van der Waals surface area (Å²) in [6.07, 6.45) is 3.15. The summed E-state index contributed by atoms with van der Waals surface area (Å²) in [4.78, 5) is 14.8. The molecular weight excluding hydrogens is 470 g/mol. The quantitative estimate of drug-likeness (QED) is 0.143. The second-order valence-corrected chi connectivity index (χ2v) is 9.11. The van der Waals surface area contributed by atoms with Gasteiger partial charge in [0.05, 0.1) is 19.3 Å². The van der Waals surface area contributed by atoms with E-state index in [0.29, 0.717) is 26.3 Å². The molecule has 0 spiro atoms. The predicted octanol–water partition coefficient (Wildman–Crippen LogP) is 7.13. The van der Waals surface area contributed by atoms with E-state index >= 15 is 0 Å². The number of carbonyl (C=O) groups is 1. The summed E-state index contributed by atoms with van der Waals surface area (Å²) in [6.45, 7) is 3.97. The van der Waals surface area contributed by atoms with E-state index in [9.17, 15) is 4.79 Å². The lowest BCUT2D eigenvalue weighted by Crippen LogP contribution is -2.39. The van der Waals surface area contributed by atoms with Gasteiger partial charge in [0.1, 0.15) is 6.10 Å². The number of benzene rings is 4. The molecule has 0 fully saturated rings. The van der Waals surface area contributed by atoms with Crippen LogP contribution in [-0.4, -0.2) is 23.5 Å². The minimum Gasteiger partial charge on any atom is -0.463 e. The van der Waals surface area contributed by atoms with E-state index in [1.54, 1.807) is 6.08 Å². The maximum Gasteiger partial charge on any atom is 0.330 e. The van der Waals surface area contributed by atoms with E-state index in [1.165, 1.54) is 11.1 Å². The van der Waals surface area contributed by atoms with Crippen LogP contribution in [0, 0.1) is 0 Å². The Kier molecular flexibility index (Phi) is 10.4. The molecule has 0 radical (unpaired) electrons. The van der Waals surface area contributed by atoms with Crippen molar-refractivity contribution >= 4 is 5.97 Å². The topological polar surface area (TPSA) is 38.8 Å². The van der Waals surface area contributed by atoms with E-state index in [1.807, 2.05) is 61.5 Å². The molecule has 0 saturated heterocycles. The van der Waals surface area contributed by atoms with Gasteiger partial charge in [0.2, 0.25) is 0 Å². The van der Waals surface area contributed by atoms with Crippen LogP contribution in [0.3, 0.4) is 0 Å². The summed E-state index contributed by atoms with van der Waals surface area (Å²) in [6, 6.07) is 41.0. The molecule has 0 aromatic heterocycles. The van der Waals surface area contributed by atoms with Gasteiger partial charge in [-0.3, -0.25) is 4.90 Å². The van der Waals surface area contributed by atoms with Gasteiger partial charge in [-0.1, -0.05) is 127 Å². The van der Waals surface area contributed by atoms with Crippen molar-refractivity contribution in [2.45, 2.75) is 38.8 Å². The number of nitrogens with zero attached hydrogens (tertiary/aromatic N) is 1. The minimum absolute atomic E-state index is 0.245. The van der Waals surface area contributed by atoms with Crippen molar-refractivity contribution in [1.82, 2.24) is 4.90 Å². The van der Waals surface area contributed by atoms with E-state index < -0.39 is 0 Å². The van der Waals surface area contributed by atoms with Crippen molar-refractivity contribution in [3.8, 4) is 0 Å². The van der Waals surface area contributed by atoms with Crippen LogP contribution in [0.2, 0.25) is 0 Å². The first kappa shape index (κ1) is 27.1. The van der Waals surface area contributed by atoms with Gasteiger partial charge >= 0.3 is 5.97 Å². The Morgan fingerprint density at radius 1 is 0.711 bits per heavy atom. The van der Waals surface area contributed by atoms with Crippen LogP contribution >= 0.6 is 0 Å². The van der Waals surface area contributed by atoms with E-state index in [2.05, 4.69) is 77.7 Å². The van der Waals surface area contributed by atoms with Crippen molar-refractivity contribution in [2.75, 3.05) is 6.61 Å². The monoisotopic (exact) mass is 505 g/mol. The van der Waals surface area contributed by atoms with Gasteiger partial charge in [0.25, 0.3) is 0 Å². The van der Waals surface area contributed by atoms with Crippen molar-refractivity contribution in [1.29, 1.82) is 0 Å². The summed E-state index contributed by atoms with van der Waals surface area (Å²) in [5.41, 5.74) is 4.52. The molecule has 0 aliphatic heterocycles. The average molecular weight is 506 g/mol. The van der Waals surface area contributed by atoms with Crippen molar-refractivity contribution in [2.24, 2.45) is 0 Å². The van der Waals surface area contributed by atoms with Gasteiger partial charge < -0.3 is 9.47 Å². The Labute approximate surface area is 226 Å². The van der Waals surface area contributed by atoms with Crippen LogP contribution in [0.5, 0.6) is 0 Å². The third-order valence-corrected chi connectivity index (χ3v) is 6.31. The summed E-state index contributed by atoms with van der Waals surface area (Å²) in [5.74, 6) is -0.355. The Hall–Kier alpha value is -3.99. The molecule has 2 unspecified atom stereocenters. The van der Waals surface area contributed by atoms with Gasteiger partial charge in [0, 0.05) is 19.2 Å². The molecule has 4 aromatic carbocycles. The zero-order valence-corrected chi connectivity index (χ0v) is 21.9. The molecule has 0 amide bonds. The molecule has 4 nitrogen and oxygen atoms in total. The number of carbonyl (C=O) groups excluding carboxylic acids is 1. The lowest BCUT2D eigenvalue weighted by molar-refractivity contribution is -0.137. The molecular formula is C34H35NO3. The Morgan fingerprint density at radius 2 is 1.18 bits per heavy atom. The summed E-state index contributed by atoms with van der Waals surface area (Å²) in [7, 11) is 0. The Morgan fingerprint density at radius 3 is 1.68 bits per heavy atom. The molecule has 0 heterocycles. The fraction of sp³-hybridized carbons (Fsp3) is 0.206. The standard InChI is InChI=1S/C34H35NO3/c1-2-37-33(36)24-23-32(34(31-21-13-6-14-22-31)38-27-30-19-11-5-12-20-30)35(25-28-15-7-3-8-16-28)26-29-17-9-4-10-18-29/h3-24,32,34H,2,25-27H2,1H3/b24-23+. The highest BCUT2D eigenvalue weighted by Crippen LogP contribution is 2.30. The Bertz CT molecular complexity index is 1200. The van der Waals surface area contributed by atoms with Crippen LogP contribution < -0.4 is 0 Å². The number of hydrogen-bond donors (Lipinski definition) is 0. The van der Waals surface area contributed by atoms with Crippen LogP contribution in [0.15, 0.2) is 133 Å². The molecule has 0 aliphatic rings. The lowest BCUT2D eigenvalue weighted by atomic mass is 9.98. The van der Waals surface area contributed by atoms with Crippen molar-refractivity contribution in [3.05, 3.63) is 156 Å². The third-order valence-electron chi connectivity index (χ3n) is 6.31. The van der Waals surface area contributed by atoms with E-state index in [0.717, 1.165) is 11.1 Å². The molecule has 38 heavy (non-hydrogen) atoms. The first-order valence-electron chi connectivity index (χ1n) is 13.1. The zero-order chi connectivity index (χ0) is 26.4. The number of rotatable bonds is 13. The molecule has 194 valence electrons. The smallest absolute Gasteiger partial charge is 0.330 e. The highest BCUT2D eigenvalue weighted by Gasteiger charge is 2.29. The third kappa shape index (κ3) is 8.27. The van der Waals surface area contributed by atoms with Gasteiger partial charge in [-0.25, -0.2) is 4.79 Å². The first-order valence-corrected chi connectivity index (χ1v) is 13.1. The Balaban J connectivity index is 1.74. The maximum absolute atomic E-state index is 12.5. The molecule has 2 atom stereocenters. The summed E-state index contributed by atoms with van der Waals surface area (Å²) >= 11 is 0. The molecule has 0 saturated carbocycles. The van der Waals surface area contributed by atoms with Crippen molar-refractivity contribution in [3.63, 3.8) is 0 Å². The zero-order valence-electron chi connectivity index (χ0n) is 21.9. The molecule has 4 aromatic rings. The largest absolute Gasteiger partial charge is 0.463 e. The molecule has 0 bridgehead atoms. The second-order valence-electron chi connectivity index (χ2n) is 9.11. The van der Waals surface area contributed by atoms with Crippen LogP contribution in [-0.2, 0) is 34.0 Å².